The van der Waals surface area contributed by atoms with Crippen molar-refractivity contribution < 1.29 is 0 Å². The van der Waals surface area contributed by atoms with Gasteiger partial charge in [-0.2, -0.15) is 0 Å². The van der Waals surface area contributed by atoms with E-state index in [1.165, 1.54) is 49.4 Å². The SMILES string of the molecule is c1ccc2c(c1)C[C+]1Cc3cc4ccccc4c4ccc-2c1c34. The van der Waals surface area contributed by atoms with Crippen LogP contribution in [0.15, 0.2) is 66.7 Å². The molecule has 0 saturated carbocycles. The van der Waals surface area contributed by atoms with Gasteiger partial charge in [-0.15, -0.1) is 0 Å². The topological polar surface area (TPSA) is 0 Å². The molecule has 0 spiro atoms. The third kappa shape index (κ3) is 1.39. The quantitative estimate of drug-likeness (QED) is 0.288. The van der Waals surface area contributed by atoms with Gasteiger partial charge in [0.1, 0.15) is 5.56 Å². The van der Waals surface area contributed by atoms with Crippen molar-refractivity contribution in [1.29, 1.82) is 0 Å². The molecule has 6 rings (SSSR count). The molecule has 4 aromatic carbocycles. The molecule has 4 aromatic rings. The molecular formula is C23H15+. The minimum Gasteiger partial charge on any atom is -0.0618 e. The second-order valence-electron chi connectivity index (χ2n) is 6.78. The molecule has 0 nitrogen and oxygen atoms in total. The van der Waals surface area contributed by atoms with E-state index in [1.54, 1.807) is 5.92 Å². The molecule has 0 atom stereocenters. The number of hydrogen-bond acceptors (Lipinski definition) is 0. The van der Waals surface area contributed by atoms with Gasteiger partial charge in [-0.1, -0.05) is 42.5 Å². The summed E-state index contributed by atoms with van der Waals surface area (Å²) in [7, 11) is 0. The summed E-state index contributed by atoms with van der Waals surface area (Å²) in [5.74, 6) is 1.61. The highest BCUT2D eigenvalue weighted by Gasteiger charge is 2.40. The molecule has 23 heavy (non-hydrogen) atoms. The van der Waals surface area contributed by atoms with Gasteiger partial charge >= 0.3 is 0 Å². The molecule has 0 amide bonds. The van der Waals surface area contributed by atoms with Crippen LogP contribution in [0.5, 0.6) is 0 Å². The van der Waals surface area contributed by atoms with Crippen LogP contribution < -0.4 is 0 Å². The fourth-order valence-electron chi connectivity index (χ4n) is 4.66. The summed E-state index contributed by atoms with van der Waals surface area (Å²) in [5, 5.41) is 5.68. The second-order valence-corrected chi connectivity index (χ2v) is 6.78. The van der Waals surface area contributed by atoms with Crippen LogP contribution in [0.3, 0.4) is 0 Å². The Morgan fingerprint density at radius 2 is 1.48 bits per heavy atom. The summed E-state index contributed by atoms with van der Waals surface area (Å²) in [6.07, 6.45) is 2.22. The van der Waals surface area contributed by atoms with E-state index >= 15 is 0 Å². The predicted octanol–water partition coefficient (Wildman–Crippen LogP) is 5.69. The molecule has 0 unspecified atom stereocenters. The Labute approximate surface area is 135 Å². The normalized spacial score (nSPS) is 14.5. The molecule has 0 heterocycles. The van der Waals surface area contributed by atoms with Gasteiger partial charge in [0.15, 0.2) is 0 Å². The van der Waals surface area contributed by atoms with Crippen LogP contribution in [-0.4, -0.2) is 0 Å². The van der Waals surface area contributed by atoms with Gasteiger partial charge < -0.3 is 0 Å². The molecule has 0 heteroatoms. The van der Waals surface area contributed by atoms with Gasteiger partial charge in [-0.3, -0.25) is 0 Å². The van der Waals surface area contributed by atoms with Crippen LogP contribution in [0, 0.1) is 5.92 Å². The highest BCUT2D eigenvalue weighted by atomic mass is 14.4. The lowest BCUT2D eigenvalue weighted by molar-refractivity contribution is 0.924. The molecule has 0 N–H and O–H groups in total. The van der Waals surface area contributed by atoms with Crippen LogP contribution in [0.1, 0.15) is 16.7 Å². The van der Waals surface area contributed by atoms with Crippen molar-refractivity contribution in [3.63, 3.8) is 0 Å². The Bertz CT molecular complexity index is 1120. The zero-order chi connectivity index (χ0) is 15.0. The maximum Gasteiger partial charge on any atom is 0.149 e. The summed E-state index contributed by atoms with van der Waals surface area (Å²) >= 11 is 0. The first-order valence-electron chi connectivity index (χ1n) is 8.31. The lowest BCUT2D eigenvalue weighted by Crippen LogP contribution is -2.10. The molecule has 0 bridgehead atoms. The minimum atomic E-state index is 1.10. The largest absolute Gasteiger partial charge is 0.149 e. The van der Waals surface area contributed by atoms with Crippen molar-refractivity contribution in [3.8, 4) is 11.1 Å². The Hall–Kier alpha value is -2.73. The van der Waals surface area contributed by atoms with Crippen LogP contribution in [0.2, 0.25) is 0 Å². The molecule has 106 valence electrons. The Morgan fingerprint density at radius 1 is 0.652 bits per heavy atom. The maximum atomic E-state index is 2.41. The van der Waals surface area contributed by atoms with Crippen molar-refractivity contribution in [2.75, 3.05) is 0 Å². The molecule has 0 fully saturated rings. The number of benzene rings is 4. The molecule has 2 aliphatic carbocycles. The van der Waals surface area contributed by atoms with Gasteiger partial charge in [-0.05, 0) is 29.1 Å². The van der Waals surface area contributed by atoms with Crippen molar-refractivity contribution in [2.24, 2.45) is 0 Å². The van der Waals surface area contributed by atoms with E-state index in [4.69, 9.17) is 0 Å². The Kier molecular flexibility index (Phi) is 2.03. The average Bonchev–Trinajstić information content (AvgIpc) is 2.96. The summed E-state index contributed by atoms with van der Waals surface area (Å²) in [6, 6.07) is 24.8. The lowest BCUT2D eigenvalue weighted by Gasteiger charge is -2.17. The van der Waals surface area contributed by atoms with Crippen molar-refractivity contribution >= 4 is 21.5 Å². The van der Waals surface area contributed by atoms with E-state index in [1.807, 2.05) is 0 Å². The maximum absolute atomic E-state index is 2.41. The lowest BCUT2D eigenvalue weighted by atomic mass is 9.79. The Balaban J connectivity index is 1.81. The number of rotatable bonds is 0. The molecule has 0 aliphatic heterocycles. The van der Waals surface area contributed by atoms with Crippen LogP contribution in [0.4, 0.5) is 0 Å². The zero-order valence-corrected chi connectivity index (χ0v) is 12.8. The van der Waals surface area contributed by atoms with Crippen molar-refractivity contribution in [3.05, 3.63) is 89.3 Å². The van der Waals surface area contributed by atoms with Gasteiger partial charge in [-0.25, -0.2) is 0 Å². The highest BCUT2D eigenvalue weighted by Crippen LogP contribution is 2.50. The number of hydrogen-bond donors (Lipinski definition) is 0. The summed E-state index contributed by atoms with van der Waals surface area (Å²) < 4.78 is 0. The fraction of sp³-hybridized carbons (Fsp3) is 0.0870. The van der Waals surface area contributed by atoms with Crippen LogP contribution in [-0.2, 0) is 12.8 Å². The third-order valence-electron chi connectivity index (χ3n) is 5.58. The van der Waals surface area contributed by atoms with E-state index in [-0.39, 0.29) is 0 Å². The first kappa shape index (κ1) is 11.8. The van der Waals surface area contributed by atoms with E-state index in [0.29, 0.717) is 0 Å². The standard InChI is InChI=1S/C23H15/c1-3-7-18-14(5-1)11-16-13-17-12-15-6-2-4-8-19(15)21-10-9-20(18)22(16)23(17)21/h1-11H,12-13H2/q+1. The monoisotopic (exact) mass is 291 g/mol. The third-order valence-corrected chi connectivity index (χ3v) is 5.58. The van der Waals surface area contributed by atoms with E-state index in [9.17, 15) is 0 Å². The van der Waals surface area contributed by atoms with Gasteiger partial charge in [0.2, 0.25) is 0 Å². The van der Waals surface area contributed by atoms with Crippen LogP contribution in [0.25, 0.3) is 32.7 Å². The number of fused-ring (bicyclic) bond motifs is 4. The summed E-state index contributed by atoms with van der Waals surface area (Å²) in [6.45, 7) is 0. The molecule has 0 radical (unpaired) electrons. The Morgan fingerprint density at radius 3 is 2.48 bits per heavy atom. The van der Waals surface area contributed by atoms with Gasteiger partial charge in [0.05, 0.1) is 17.4 Å². The molecule has 0 aromatic heterocycles. The fourth-order valence-corrected chi connectivity index (χ4v) is 4.66. The summed E-state index contributed by atoms with van der Waals surface area (Å²) in [4.78, 5) is 0. The first-order valence-corrected chi connectivity index (χ1v) is 8.31. The average molecular weight is 291 g/mol. The van der Waals surface area contributed by atoms with Crippen molar-refractivity contribution in [1.82, 2.24) is 0 Å². The van der Waals surface area contributed by atoms with Crippen LogP contribution >= 0.6 is 0 Å². The van der Waals surface area contributed by atoms with Gasteiger partial charge in [0, 0.05) is 40.3 Å². The molecular weight excluding hydrogens is 276 g/mol. The zero-order valence-electron chi connectivity index (χ0n) is 12.8. The van der Waals surface area contributed by atoms with E-state index in [0.717, 1.165) is 12.8 Å². The highest BCUT2D eigenvalue weighted by molar-refractivity contribution is 6.14. The minimum absolute atomic E-state index is 1.10. The molecule has 2 aliphatic rings. The van der Waals surface area contributed by atoms with E-state index < -0.39 is 0 Å². The predicted molar refractivity (Wildman–Crippen MR) is 96.6 cm³/mol. The summed E-state index contributed by atoms with van der Waals surface area (Å²) in [5.41, 5.74) is 7.38. The first-order chi connectivity index (χ1) is 11.4. The second kappa shape index (κ2) is 3.97. The van der Waals surface area contributed by atoms with Gasteiger partial charge in [0.25, 0.3) is 0 Å². The molecule has 0 saturated heterocycles. The van der Waals surface area contributed by atoms with E-state index in [2.05, 4.69) is 66.7 Å². The van der Waals surface area contributed by atoms with Crippen molar-refractivity contribution in [2.45, 2.75) is 12.8 Å². The smallest absolute Gasteiger partial charge is 0.0618 e.